The summed E-state index contributed by atoms with van der Waals surface area (Å²) in [5.74, 6) is 2.03. The van der Waals surface area contributed by atoms with Crippen LogP contribution in [0, 0.1) is 17.8 Å². The Morgan fingerprint density at radius 1 is 1.29 bits per heavy atom. The minimum Gasteiger partial charge on any atom is -0.396 e. The number of hydrogen-bond donors (Lipinski definition) is 1. The van der Waals surface area contributed by atoms with Gasteiger partial charge in [0.15, 0.2) is 0 Å². The molecule has 3 heteroatoms. The number of aliphatic hydroxyl groups excluding tert-OH is 1. The highest BCUT2D eigenvalue weighted by Gasteiger charge is 2.38. The molecule has 2 fully saturated rings. The van der Waals surface area contributed by atoms with Gasteiger partial charge in [0.25, 0.3) is 0 Å². The van der Waals surface area contributed by atoms with E-state index in [1.807, 2.05) is 0 Å². The third-order valence-corrected chi connectivity index (χ3v) is 3.77. The average Bonchev–Trinajstić information content (AvgIpc) is 2.17. The topological polar surface area (TPSA) is 32.7 Å². The van der Waals surface area contributed by atoms with Crippen LogP contribution in [0.15, 0.2) is 0 Å². The molecule has 0 aliphatic carbocycles. The predicted octanol–water partition coefficient (Wildman–Crippen LogP) is 0.583. The fourth-order valence-electron chi connectivity index (χ4n) is 3.00. The quantitative estimate of drug-likeness (QED) is 0.722. The largest absolute Gasteiger partial charge is 0.396 e. The Morgan fingerprint density at radius 2 is 1.93 bits per heavy atom. The van der Waals surface area contributed by atoms with Crippen molar-refractivity contribution in [1.29, 1.82) is 0 Å². The van der Waals surface area contributed by atoms with Gasteiger partial charge in [-0.2, -0.15) is 0 Å². The second-order valence-electron chi connectivity index (χ2n) is 4.59. The van der Waals surface area contributed by atoms with E-state index >= 15 is 0 Å². The smallest absolute Gasteiger partial charge is 0.0509 e. The van der Waals surface area contributed by atoms with Crippen LogP contribution in [0.4, 0.5) is 0 Å². The molecule has 0 aromatic rings. The first-order valence-corrected chi connectivity index (χ1v) is 5.76. The van der Waals surface area contributed by atoms with Crippen molar-refractivity contribution in [3.63, 3.8) is 0 Å². The van der Waals surface area contributed by atoms with Crippen LogP contribution in [0.5, 0.6) is 0 Å². The van der Waals surface area contributed by atoms with E-state index in [0.29, 0.717) is 24.4 Å². The number of hydrogen-bond acceptors (Lipinski definition) is 3. The molecule has 0 aromatic carbocycles. The number of piperidine rings is 1. The van der Waals surface area contributed by atoms with E-state index in [0.717, 1.165) is 39.3 Å². The van der Waals surface area contributed by atoms with E-state index in [4.69, 9.17) is 9.84 Å². The van der Waals surface area contributed by atoms with Crippen molar-refractivity contribution in [2.45, 2.75) is 13.3 Å². The van der Waals surface area contributed by atoms with Crippen LogP contribution in [0.1, 0.15) is 13.3 Å². The van der Waals surface area contributed by atoms with Crippen LogP contribution in [0.3, 0.4) is 0 Å². The standard InChI is InChI=1S/C11H21NO2/c1-2-12-5-9-7-14-8-10(6-12)11(9)3-4-13/h9-11,13H,2-8H2,1H3. The molecule has 1 N–H and O–H groups in total. The zero-order chi connectivity index (χ0) is 9.97. The summed E-state index contributed by atoms with van der Waals surface area (Å²) in [6.45, 7) is 7.84. The Bertz CT molecular complexity index is 172. The number of fused-ring (bicyclic) bond motifs is 2. The summed E-state index contributed by atoms with van der Waals surface area (Å²) in [5, 5.41) is 9.04. The van der Waals surface area contributed by atoms with Crippen molar-refractivity contribution < 1.29 is 9.84 Å². The number of aliphatic hydroxyl groups is 1. The number of likely N-dealkylation sites (tertiary alicyclic amines) is 1. The molecule has 0 spiro atoms. The summed E-state index contributed by atoms with van der Waals surface area (Å²) >= 11 is 0. The lowest BCUT2D eigenvalue weighted by atomic mass is 9.75. The zero-order valence-corrected chi connectivity index (χ0v) is 8.98. The first-order chi connectivity index (χ1) is 6.85. The highest BCUT2D eigenvalue weighted by molar-refractivity contribution is 4.88. The van der Waals surface area contributed by atoms with E-state index in [9.17, 15) is 0 Å². The molecule has 2 atom stereocenters. The van der Waals surface area contributed by atoms with Crippen molar-refractivity contribution in [3.05, 3.63) is 0 Å². The number of ether oxygens (including phenoxy) is 1. The molecule has 2 rings (SSSR count). The summed E-state index contributed by atoms with van der Waals surface area (Å²) in [4.78, 5) is 2.52. The van der Waals surface area contributed by atoms with Crippen LogP contribution in [0.2, 0.25) is 0 Å². The summed E-state index contributed by atoms with van der Waals surface area (Å²) in [6.07, 6.45) is 0.968. The first kappa shape index (κ1) is 10.4. The third-order valence-electron chi connectivity index (χ3n) is 3.77. The van der Waals surface area contributed by atoms with Crippen molar-refractivity contribution in [2.75, 3.05) is 39.5 Å². The van der Waals surface area contributed by atoms with E-state index in [2.05, 4.69) is 11.8 Å². The zero-order valence-electron chi connectivity index (χ0n) is 8.98. The molecule has 0 amide bonds. The molecule has 2 unspecified atom stereocenters. The average molecular weight is 199 g/mol. The Kier molecular flexibility index (Phi) is 3.42. The summed E-state index contributed by atoms with van der Waals surface area (Å²) in [5.41, 5.74) is 0. The Labute approximate surface area is 86.0 Å². The number of rotatable bonds is 3. The van der Waals surface area contributed by atoms with Crippen LogP contribution >= 0.6 is 0 Å². The van der Waals surface area contributed by atoms with Gasteiger partial charge in [-0.3, -0.25) is 0 Å². The van der Waals surface area contributed by atoms with Gasteiger partial charge in [0.2, 0.25) is 0 Å². The summed E-state index contributed by atoms with van der Waals surface area (Å²) < 4.78 is 5.60. The van der Waals surface area contributed by atoms with Gasteiger partial charge in [0.05, 0.1) is 13.2 Å². The molecule has 2 bridgehead atoms. The molecule has 2 aliphatic rings. The van der Waals surface area contributed by atoms with Gasteiger partial charge in [0, 0.05) is 19.7 Å². The normalized spacial score (nSPS) is 38.6. The van der Waals surface area contributed by atoms with Gasteiger partial charge in [0.1, 0.15) is 0 Å². The van der Waals surface area contributed by atoms with Crippen molar-refractivity contribution in [3.8, 4) is 0 Å². The Balaban J connectivity index is 1.99. The van der Waals surface area contributed by atoms with Crippen molar-refractivity contribution in [2.24, 2.45) is 17.8 Å². The maximum Gasteiger partial charge on any atom is 0.0509 e. The molecule has 2 heterocycles. The van der Waals surface area contributed by atoms with Gasteiger partial charge >= 0.3 is 0 Å². The maximum absolute atomic E-state index is 9.04. The van der Waals surface area contributed by atoms with E-state index in [-0.39, 0.29) is 0 Å². The van der Waals surface area contributed by atoms with Crippen molar-refractivity contribution >= 4 is 0 Å². The molecule has 2 aliphatic heterocycles. The summed E-state index contributed by atoms with van der Waals surface area (Å²) in [7, 11) is 0. The molecule has 14 heavy (non-hydrogen) atoms. The van der Waals surface area contributed by atoms with Gasteiger partial charge in [-0.15, -0.1) is 0 Å². The Morgan fingerprint density at radius 3 is 2.43 bits per heavy atom. The monoisotopic (exact) mass is 199 g/mol. The lowest BCUT2D eigenvalue weighted by Gasteiger charge is -2.46. The van der Waals surface area contributed by atoms with Crippen LogP contribution < -0.4 is 0 Å². The lowest BCUT2D eigenvalue weighted by Crippen LogP contribution is -2.52. The fraction of sp³-hybridized carbons (Fsp3) is 1.00. The fourth-order valence-corrected chi connectivity index (χ4v) is 3.00. The first-order valence-electron chi connectivity index (χ1n) is 5.76. The molecule has 0 radical (unpaired) electrons. The highest BCUT2D eigenvalue weighted by atomic mass is 16.5. The van der Waals surface area contributed by atoms with Gasteiger partial charge in [-0.1, -0.05) is 6.92 Å². The second kappa shape index (κ2) is 4.60. The van der Waals surface area contributed by atoms with Gasteiger partial charge < -0.3 is 14.7 Å². The maximum atomic E-state index is 9.04. The minimum atomic E-state index is 0.337. The molecule has 3 nitrogen and oxygen atoms in total. The number of nitrogens with zero attached hydrogens (tertiary/aromatic N) is 1. The SMILES string of the molecule is CCN1CC2COCC(C1)C2CCO. The molecule has 0 saturated carbocycles. The molecular formula is C11H21NO2. The summed E-state index contributed by atoms with van der Waals surface area (Å²) in [6, 6.07) is 0. The van der Waals surface area contributed by atoms with Crippen LogP contribution in [-0.4, -0.2) is 49.5 Å². The molecule has 0 aromatic heterocycles. The van der Waals surface area contributed by atoms with Crippen LogP contribution in [0.25, 0.3) is 0 Å². The Hall–Kier alpha value is -0.120. The van der Waals surface area contributed by atoms with Gasteiger partial charge in [-0.05, 0) is 30.7 Å². The third kappa shape index (κ3) is 1.95. The molecular weight excluding hydrogens is 178 g/mol. The molecule has 2 saturated heterocycles. The molecule has 82 valence electrons. The van der Waals surface area contributed by atoms with Crippen molar-refractivity contribution in [1.82, 2.24) is 4.90 Å². The highest BCUT2D eigenvalue weighted by Crippen LogP contribution is 2.35. The lowest BCUT2D eigenvalue weighted by molar-refractivity contribution is -0.0873. The van der Waals surface area contributed by atoms with Gasteiger partial charge in [-0.25, -0.2) is 0 Å². The minimum absolute atomic E-state index is 0.337. The van der Waals surface area contributed by atoms with Crippen LogP contribution in [-0.2, 0) is 4.74 Å². The second-order valence-corrected chi connectivity index (χ2v) is 4.59. The predicted molar refractivity (Wildman–Crippen MR) is 55.1 cm³/mol. The van der Waals surface area contributed by atoms with E-state index < -0.39 is 0 Å². The van der Waals surface area contributed by atoms with E-state index in [1.54, 1.807) is 0 Å². The van der Waals surface area contributed by atoms with E-state index in [1.165, 1.54) is 0 Å².